The predicted molar refractivity (Wildman–Crippen MR) is 131 cm³/mol. The maximum atomic E-state index is 13.5. The highest BCUT2D eigenvalue weighted by molar-refractivity contribution is 7.15. The number of fused-ring (bicyclic) bond motifs is 2. The summed E-state index contributed by atoms with van der Waals surface area (Å²) in [6.07, 6.45) is 5.15. The van der Waals surface area contributed by atoms with E-state index in [0.717, 1.165) is 22.6 Å². The largest absolute Gasteiger partial charge is 0.378 e. The molecule has 0 radical (unpaired) electrons. The number of ether oxygens (including phenoxy) is 1. The minimum Gasteiger partial charge on any atom is -0.378 e. The quantitative estimate of drug-likeness (QED) is 0.429. The van der Waals surface area contributed by atoms with Crippen LogP contribution in [-0.2, 0) is 30.7 Å². The van der Waals surface area contributed by atoms with Gasteiger partial charge >= 0.3 is 0 Å². The summed E-state index contributed by atoms with van der Waals surface area (Å²) in [6.45, 7) is 3.79. The molecule has 1 saturated heterocycles. The van der Waals surface area contributed by atoms with E-state index in [2.05, 4.69) is 17.1 Å². The molecular formula is C25H26N6O3S. The standard InChI is InChI=1S/C25H26N6O3S/c32-23(20-17-30-12-15-35-25(30)26-20)29-8-7-21-19(16-29)22(24(33)28-10-13-34-14-11-28)27-31(21)9-6-18-4-2-1-3-5-18/h1-5,12,15,17H,6-11,13-14,16H2. The van der Waals surface area contributed by atoms with Crippen molar-refractivity contribution in [3.63, 3.8) is 0 Å². The molecule has 0 bridgehead atoms. The van der Waals surface area contributed by atoms with E-state index in [0.29, 0.717) is 63.7 Å². The molecule has 6 rings (SSSR count). The lowest BCUT2D eigenvalue weighted by atomic mass is 10.0. The average Bonchev–Trinajstić information content (AvgIpc) is 3.61. The van der Waals surface area contributed by atoms with Gasteiger partial charge in [0.2, 0.25) is 0 Å². The van der Waals surface area contributed by atoms with Gasteiger partial charge in [0.1, 0.15) is 5.69 Å². The molecule has 0 spiro atoms. The number of amides is 2. The first-order chi connectivity index (χ1) is 17.2. The van der Waals surface area contributed by atoms with Crippen molar-refractivity contribution in [1.29, 1.82) is 0 Å². The molecule has 0 aliphatic carbocycles. The van der Waals surface area contributed by atoms with E-state index in [1.165, 1.54) is 16.9 Å². The van der Waals surface area contributed by atoms with Crippen LogP contribution in [0.2, 0.25) is 0 Å². The SMILES string of the molecule is O=C(c1cn2ccsc2n1)N1CCc2c(c(C(=O)N3CCOCC3)nn2CCc2ccccc2)C1. The zero-order valence-electron chi connectivity index (χ0n) is 19.3. The maximum absolute atomic E-state index is 13.5. The fourth-order valence-corrected chi connectivity index (χ4v) is 5.51. The highest BCUT2D eigenvalue weighted by Crippen LogP contribution is 2.26. The zero-order valence-corrected chi connectivity index (χ0v) is 20.1. The molecule has 0 saturated carbocycles. The summed E-state index contributed by atoms with van der Waals surface area (Å²) in [5.41, 5.74) is 4.02. The number of hydrogen-bond acceptors (Lipinski definition) is 6. The predicted octanol–water partition coefficient (Wildman–Crippen LogP) is 2.51. The van der Waals surface area contributed by atoms with Crippen LogP contribution in [0.4, 0.5) is 0 Å². The van der Waals surface area contributed by atoms with E-state index < -0.39 is 0 Å². The van der Waals surface area contributed by atoms with Crippen molar-refractivity contribution >= 4 is 28.1 Å². The van der Waals surface area contributed by atoms with Gasteiger partial charge in [-0.15, -0.1) is 11.3 Å². The van der Waals surface area contributed by atoms with Crippen molar-refractivity contribution in [3.8, 4) is 0 Å². The van der Waals surface area contributed by atoms with Gasteiger partial charge in [0.05, 0.1) is 19.8 Å². The fraction of sp³-hybridized carbons (Fsp3) is 0.360. The van der Waals surface area contributed by atoms with Crippen LogP contribution in [-0.4, -0.2) is 73.6 Å². The molecule has 2 amide bonds. The Morgan fingerprint density at radius 1 is 1.03 bits per heavy atom. The maximum Gasteiger partial charge on any atom is 0.274 e. The van der Waals surface area contributed by atoms with E-state index in [9.17, 15) is 9.59 Å². The molecule has 0 atom stereocenters. The lowest BCUT2D eigenvalue weighted by Gasteiger charge is -2.29. The third-order valence-corrected chi connectivity index (χ3v) is 7.46. The highest BCUT2D eigenvalue weighted by atomic mass is 32.1. The fourth-order valence-electron chi connectivity index (χ4n) is 4.81. The van der Waals surface area contributed by atoms with Crippen molar-refractivity contribution in [2.75, 3.05) is 32.8 Å². The van der Waals surface area contributed by atoms with Gasteiger partial charge in [0.25, 0.3) is 11.8 Å². The number of imidazole rings is 1. The molecule has 1 aromatic carbocycles. The summed E-state index contributed by atoms with van der Waals surface area (Å²) >= 11 is 1.50. The van der Waals surface area contributed by atoms with Crippen LogP contribution in [0.1, 0.15) is 37.8 Å². The molecule has 1 fully saturated rings. The molecule has 2 aliphatic heterocycles. The van der Waals surface area contributed by atoms with Gasteiger partial charge in [0.15, 0.2) is 10.7 Å². The number of rotatable bonds is 5. The number of benzene rings is 1. The summed E-state index contributed by atoms with van der Waals surface area (Å²) in [7, 11) is 0. The summed E-state index contributed by atoms with van der Waals surface area (Å²) in [4.78, 5) is 35.6. The molecule has 9 nitrogen and oxygen atoms in total. The number of hydrogen-bond donors (Lipinski definition) is 0. The number of morpholine rings is 1. The smallest absolute Gasteiger partial charge is 0.274 e. The highest BCUT2D eigenvalue weighted by Gasteiger charge is 2.33. The molecule has 0 unspecified atom stereocenters. The Morgan fingerprint density at radius 3 is 2.66 bits per heavy atom. The molecule has 35 heavy (non-hydrogen) atoms. The van der Waals surface area contributed by atoms with Crippen LogP contribution in [0.15, 0.2) is 48.1 Å². The molecule has 180 valence electrons. The van der Waals surface area contributed by atoms with E-state index in [1.54, 1.807) is 16.0 Å². The van der Waals surface area contributed by atoms with Gasteiger partial charge in [-0.2, -0.15) is 5.10 Å². The molecule has 10 heteroatoms. The zero-order chi connectivity index (χ0) is 23.8. The average molecular weight is 491 g/mol. The number of aryl methyl sites for hydroxylation is 2. The van der Waals surface area contributed by atoms with Crippen molar-refractivity contribution in [3.05, 3.63) is 76.3 Å². The molecule has 0 N–H and O–H groups in total. The third kappa shape index (κ3) is 4.23. The van der Waals surface area contributed by atoms with Gasteiger partial charge in [-0.25, -0.2) is 4.98 Å². The summed E-state index contributed by atoms with van der Waals surface area (Å²) < 4.78 is 9.27. The number of aromatic nitrogens is 4. The normalized spacial score (nSPS) is 16.0. The summed E-state index contributed by atoms with van der Waals surface area (Å²) in [5.74, 6) is -0.201. The number of nitrogens with zero attached hydrogens (tertiary/aromatic N) is 6. The second-order valence-corrected chi connectivity index (χ2v) is 9.71. The molecule has 4 aromatic rings. The Hall–Kier alpha value is -3.50. The van der Waals surface area contributed by atoms with E-state index in [-0.39, 0.29) is 11.8 Å². The Labute approximate surface area is 206 Å². The molecular weight excluding hydrogens is 464 g/mol. The molecule has 3 aromatic heterocycles. The van der Waals surface area contributed by atoms with Crippen LogP contribution >= 0.6 is 11.3 Å². The number of thiazole rings is 1. The van der Waals surface area contributed by atoms with Gasteiger partial charge < -0.3 is 14.5 Å². The lowest BCUT2D eigenvalue weighted by Crippen LogP contribution is -2.42. The number of carbonyl (C=O) groups is 2. The second-order valence-electron chi connectivity index (χ2n) is 8.83. The Balaban J connectivity index is 1.29. The van der Waals surface area contributed by atoms with Gasteiger partial charge in [-0.3, -0.25) is 18.7 Å². The first kappa shape index (κ1) is 22.0. The van der Waals surface area contributed by atoms with E-state index in [4.69, 9.17) is 9.84 Å². The topological polar surface area (TPSA) is 85.0 Å². The van der Waals surface area contributed by atoms with Crippen molar-refractivity contribution in [1.82, 2.24) is 29.0 Å². The van der Waals surface area contributed by atoms with Crippen LogP contribution < -0.4 is 0 Å². The monoisotopic (exact) mass is 490 g/mol. The van der Waals surface area contributed by atoms with Gasteiger partial charge in [-0.1, -0.05) is 30.3 Å². The Kier molecular flexibility index (Phi) is 5.83. The van der Waals surface area contributed by atoms with Gasteiger partial charge in [0, 0.05) is 61.6 Å². The summed E-state index contributed by atoms with van der Waals surface area (Å²) in [5, 5.41) is 6.75. The molecule has 5 heterocycles. The van der Waals surface area contributed by atoms with Crippen LogP contribution in [0, 0.1) is 0 Å². The van der Waals surface area contributed by atoms with Crippen LogP contribution in [0.5, 0.6) is 0 Å². The van der Waals surface area contributed by atoms with E-state index in [1.807, 2.05) is 38.9 Å². The molecule has 2 aliphatic rings. The van der Waals surface area contributed by atoms with Crippen molar-refractivity contribution < 1.29 is 14.3 Å². The first-order valence-electron chi connectivity index (χ1n) is 11.9. The lowest BCUT2D eigenvalue weighted by molar-refractivity contribution is 0.0296. The van der Waals surface area contributed by atoms with E-state index >= 15 is 0 Å². The first-order valence-corrected chi connectivity index (χ1v) is 12.8. The minimum atomic E-state index is -0.117. The van der Waals surface area contributed by atoms with Crippen molar-refractivity contribution in [2.45, 2.75) is 25.9 Å². The third-order valence-electron chi connectivity index (χ3n) is 6.69. The minimum absolute atomic E-state index is 0.0835. The van der Waals surface area contributed by atoms with Crippen LogP contribution in [0.3, 0.4) is 0 Å². The number of carbonyl (C=O) groups excluding carboxylic acids is 2. The Morgan fingerprint density at radius 2 is 1.86 bits per heavy atom. The summed E-state index contributed by atoms with van der Waals surface area (Å²) in [6, 6.07) is 10.3. The van der Waals surface area contributed by atoms with Crippen LogP contribution in [0.25, 0.3) is 4.96 Å². The Bertz CT molecular complexity index is 1340. The second kappa shape index (κ2) is 9.27. The van der Waals surface area contributed by atoms with Gasteiger partial charge in [-0.05, 0) is 12.0 Å². The van der Waals surface area contributed by atoms with Crippen molar-refractivity contribution in [2.24, 2.45) is 0 Å².